The van der Waals surface area contributed by atoms with Crippen LogP contribution in [0.2, 0.25) is 0 Å². The molecule has 106 valence electrons. The Bertz CT molecular complexity index is 574. The van der Waals surface area contributed by atoms with Crippen LogP contribution in [0.25, 0.3) is 0 Å². The number of hydrogen-bond donors (Lipinski definition) is 1. The fourth-order valence-corrected chi connectivity index (χ4v) is 3.04. The molecule has 0 aromatic heterocycles. The van der Waals surface area contributed by atoms with Gasteiger partial charge in [0.25, 0.3) is 5.69 Å². The van der Waals surface area contributed by atoms with Crippen molar-refractivity contribution in [2.45, 2.75) is 19.9 Å². The van der Waals surface area contributed by atoms with Crippen LogP contribution >= 0.6 is 15.9 Å². The van der Waals surface area contributed by atoms with Crippen LogP contribution in [0.4, 0.5) is 11.4 Å². The lowest BCUT2D eigenvalue weighted by Gasteiger charge is -2.15. The van der Waals surface area contributed by atoms with Gasteiger partial charge in [0, 0.05) is 23.5 Å². The fraction of sp³-hybridized carbons (Fsp3) is 0.455. The van der Waals surface area contributed by atoms with E-state index >= 15 is 0 Å². The molecule has 1 N–H and O–H groups in total. The summed E-state index contributed by atoms with van der Waals surface area (Å²) in [6, 6.07) is 4.28. The predicted octanol–water partition coefficient (Wildman–Crippen LogP) is 2.59. The van der Waals surface area contributed by atoms with Crippen LogP contribution in [0.15, 0.2) is 22.7 Å². The number of nitro benzene ring substituents is 1. The van der Waals surface area contributed by atoms with Crippen molar-refractivity contribution in [1.82, 2.24) is 0 Å². The molecule has 0 aliphatic carbocycles. The molecule has 0 radical (unpaired) electrons. The molecule has 6 nitrogen and oxygen atoms in total. The third kappa shape index (κ3) is 4.79. The Labute approximate surface area is 120 Å². The molecule has 0 saturated carbocycles. The Morgan fingerprint density at radius 2 is 2.11 bits per heavy atom. The van der Waals surface area contributed by atoms with Gasteiger partial charge in [0.2, 0.25) is 0 Å². The van der Waals surface area contributed by atoms with E-state index in [0.29, 0.717) is 10.2 Å². The molecule has 0 fully saturated rings. The summed E-state index contributed by atoms with van der Waals surface area (Å²) in [4.78, 5) is 10.3. The van der Waals surface area contributed by atoms with Gasteiger partial charge >= 0.3 is 0 Å². The van der Waals surface area contributed by atoms with Crippen molar-refractivity contribution < 1.29 is 13.3 Å². The highest BCUT2D eigenvalue weighted by atomic mass is 79.9. The molecule has 19 heavy (non-hydrogen) atoms. The fourth-order valence-electron chi connectivity index (χ4n) is 1.57. The van der Waals surface area contributed by atoms with Gasteiger partial charge in [-0.05, 0) is 35.0 Å². The predicted molar refractivity (Wildman–Crippen MR) is 78.2 cm³/mol. The smallest absolute Gasteiger partial charge is 0.285 e. The van der Waals surface area contributed by atoms with Crippen molar-refractivity contribution in [2.24, 2.45) is 0 Å². The van der Waals surface area contributed by atoms with Gasteiger partial charge < -0.3 is 5.32 Å². The van der Waals surface area contributed by atoms with E-state index < -0.39 is 14.8 Å². The Hall–Kier alpha value is -1.15. The van der Waals surface area contributed by atoms with Gasteiger partial charge in [-0.25, -0.2) is 8.42 Å². The normalized spacial score (nSPS) is 13.0. The minimum Gasteiger partial charge on any atom is -0.381 e. The Morgan fingerprint density at radius 3 is 2.63 bits per heavy atom. The number of rotatable bonds is 6. The van der Waals surface area contributed by atoms with Crippen LogP contribution in [0.1, 0.15) is 13.8 Å². The van der Waals surface area contributed by atoms with Crippen molar-refractivity contribution in [2.75, 3.05) is 16.8 Å². The Morgan fingerprint density at radius 1 is 1.47 bits per heavy atom. The second-order valence-corrected chi connectivity index (χ2v) is 7.42. The van der Waals surface area contributed by atoms with Gasteiger partial charge in [-0.15, -0.1) is 0 Å². The lowest BCUT2D eigenvalue weighted by Crippen LogP contribution is -2.26. The molecule has 1 atom stereocenters. The van der Waals surface area contributed by atoms with Gasteiger partial charge in [0.15, 0.2) is 9.84 Å². The van der Waals surface area contributed by atoms with E-state index in [1.165, 1.54) is 6.07 Å². The first-order chi connectivity index (χ1) is 8.75. The molecule has 1 rings (SSSR count). The first-order valence-corrected chi connectivity index (χ1v) is 8.27. The van der Waals surface area contributed by atoms with E-state index in [9.17, 15) is 18.5 Å². The zero-order valence-electron chi connectivity index (χ0n) is 10.6. The van der Waals surface area contributed by atoms with Gasteiger partial charge in [-0.2, -0.15) is 0 Å². The summed E-state index contributed by atoms with van der Waals surface area (Å²) in [6.07, 6.45) is 0. The molecule has 0 heterocycles. The second-order valence-electron chi connectivity index (χ2n) is 4.17. The standard InChI is InChI=1S/C11H15BrN2O4S/c1-3-19(17,18)7-8(2)13-9-4-5-10(12)11(6-9)14(15)16/h4-6,8,13H,3,7H2,1-2H3. The number of benzene rings is 1. The van der Waals surface area contributed by atoms with Crippen molar-refractivity contribution in [3.63, 3.8) is 0 Å². The molecule has 0 aliphatic rings. The average Bonchev–Trinajstić information content (AvgIpc) is 2.30. The first-order valence-electron chi connectivity index (χ1n) is 5.66. The first kappa shape index (κ1) is 15.9. The van der Waals surface area contributed by atoms with E-state index in [-0.39, 0.29) is 23.2 Å². The van der Waals surface area contributed by atoms with Crippen LogP contribution in [0, 0.1) is 10.1 Å². The molecule has 0 amide bonds. The van der Waals surface area contributed by atoms with Gasteiger partial charge in [0.1, 0.15) is 0 Å². The maximum absolute atomic E-state index is 11.5. The number of sulfone groups is 1. The number of nitrogens with zero attached hydrogens (tertiary/aromatic N) is 1. The highest BCUT2D eigenvalue weighted by molar-refractivity contribution is 9.10. The molecule has 1 unspecified atom stereocenters. The maximum atomic E-state index is 11.5. The zero-order chi connectivity index (χ0) is 14.6. The van der Waals surface area contributed by atoms with Gasteiger partial charge in [-0.1, -0.05) is 6.92 Å². The van der Waals surface area contributed by atoms with Crippen LogP contribution < -0.4 is 5.32 Å². The molecule has 1 aromatic rings. The highest BCUT2D eigenvalue weighted by Gasteiger charge is 2.16. The molecule has 0 aliphatic heterocycles. The number of halogens is 1. The van der Waals surface area contributed by atoms with E-state index in [0.717, 1.165) is 0 Å². The van der Waals surface area contributed by atoms with E-state index in [1.807, 2.05) is 0 Å². The largest absolute Gasteiger partial charge is 0.381 e. The summed E-state index contributed by atoms with van der Waals surface area (Å²) in [5.74, 6) is 0.0763. The molecular weight excluding hydrogens is 336 g/mol. The third-order valence-corrected chi connectivity index (χ3v) is 5.06. The SMILES string of the molecule is CCS(=O)(=O)CC(C)Nc1ccc(Br)c([N+](=O)[O-])c1. The van der Waals surface area contributed by atoms with Gasteiger partial charge in [-0.3, -0.25) is 10.1 Å². The molecule has 0 bridgehead atoms. The van der Waals surface area contributed by atoms with E-state index in [1.54, 1.807) is 26.0 Å². The monoisotopic (exact) mass is 350 g/mol. The maximum Gasteiger partial charge on any atom is 0.285 e. The molecule has 0 spiro atoms. The number of nitro groups is 1. The Balaban J connectivity index is 2.83. The molecule has 8 heteroatoms. The van der Waals surface area contributed by atoms with Crippen molar-refractivity contribution >= 4 is 37.1 Å². The van der Waals surface area contributed by atoms with Crippen molar-refractivity contribution in [3.8, 4) is 0 Å². The van der Waals surface area contributed by atoms with E-state index in [4.69, 9.17) is 0 Å². The van der Waals surface area contributed by atoms with Crippen LogP contribution in [0.3, 0.4) is 0 Å². The van der Waals surface area contributed by atoms with Crippen molar-refractivity contribution in [3.05, 3.63) is 32.8 Å². The Kier molecular flexibility index (Phi) is 5.30. The topological polar surface area (TPSA) is 89.3 Å². The zero-order valence-corrected chi connectivity index (χ0v) is 13.0. The summed E-state index contributed by atoms with van der Waals surface area (Å²) in [5.41, 5.74) is 0.462. The summed E-state index contributed by atoms with van der Waals surface area (Å²) in [5, 5.41) is 13.7. The third-order valence-electron chi connectivity index (χ3n) is 2.50. The van der Waals surface area contributed by atoms with Crippen LogP contribution in [-0.4, -0.2) is 30.9 Å². The number of hydrogen-bond acceptors (Lipinski definition) is 5. The average molecular weight is 351 g/mol. The second kappa shape index (κ2) is 6.33. The summed E-state index contributed by atoms with van der Waals surface area (Å²) in [7, 11) is -3.08. The summed E-state index contributed by atoms with van der Waals surface area (Å²) >= 11 is 3.09. The minimum absolute atomic E-state index is 0.00659. The number of anilines is 1. The van der Waals surface area contributed by atoms with Crippen LogP contribution in [-0.2, 0) is 9.84 Å². The summed E-state index contributed by atoms with van der Waals surface area (Å²) in [6.45, 7) is 3.31. The van der Waals surface area contributed by atoms with Crippen molar-refractivity contribution in [1.29, 1.82) is 0 Å². The molecule has 0 saturated heterocycles. The molecular formula is C11H15BrN2O4S. The lowest BCUT2D eigenvalue weighted by molar-refractivity contribution is -0.385. The quantitative estimate of drug-likeness (QED) is 0.629. The van der Waals surface area contributed by atoms with Gasteiger partial charge in [0.05, 0.1) is 15.1 Å². The molecule has 1 aromatic carbocycles. The number of nitrogens with one attached hydrogen (secondary N) is 1. The minimum atomic E-state index is -3.08. The highest BCUT2D eigenvalue weighted by Crippen LogP contribution is 2.28. The summed E-state index contributed by atoms with van der Waals surface area (Å²) < 4.78 is 23.3. The van der Waals surface area contributed by atoms with Crippen LogP contribution in [0.5, 0.6) is 0 Å². The lowest BCUT2D eigenvalue weighted by atomic mass is 10.2. The van der Waals surface area contributed by atoms with E-state index in [2.05, 4.69) is 21.2 Å².